The largest absolute Gasteiger partial charge is 0.339 e. The number of rotatable bonds is 10. The van der Waals surface area contributed by atoms with Crippen LogP contribution in [-0.4, -0.2) is 72.8 Å². The normalized spacial score (nSPS) is 15.2. The van der Waals surface area contributed by atoms with E-state index in [1.807, 2.05) is 47.1 Å². The van der Waals surface area contributed by atoms with Gasteiger partial charge in [-0.05, 0) is 68.5 Å². The number of benzene rings is 3. The number of aromatic nitrogens is 4. The van der Waals surface area contributed by atoms with Crippen molar-refractivity contribution in [3.8, 4) is 0 Å². The monoisotopic (exact) mass is 620 g/mol. The van der Waals surface area contributed by atoms with Crippen LogP contribution in [0.4, 0.5) is 0 Å². The maximum atomic E-state index is 13.1. The molecule has 9 heteroatoms. The van der Waals surface area contributed by atoms with Crippen molar-refractivity contribution in [3.05, 3.63) is 95.1 Å². The molecule has 1 saturated heterocycles. The molecular formula is C36H40N6O2S. The molecule has 6 rings (SSSR count). The first-order valence-electron chi connectivity index (χ1n) is 15.9. The predicted octanol–water partition coefficient (Wildman–Crippen LogP) is 6.53. The molecule has 3 heterocycles. The zero-order valence-corrected chi connectivity index (χ0v) is 27.1. The number of fused-ring (bicyclic) bond motifs is 3. The minimum atomic E-state index is -0.0161. The Morgan fingerprint density at radius 1 is 0.933 bits per heavy atom. The third-order valence-electron chi connectivity index (χ3n) is 8.65. The molecule has 1 fully saturated rings. The maximum Gasteiger partial charge on any atom is 0.254 e. The molecule has 0 radical (unpaired) electrons. The minimum Gasteiger partial charge on any atom is -0.339 e. The molecule has 2 amide bonds. The first-order chi connectivity index (χ1) is 21.9. The van der Waals surface area contributed by atoms with Crippen LogP contribution in [0.15, 0.2) is 78.0 Å². The quantitative estimate of drug-likeness (QED) is 0.130. The van der Waals surface area contributed by atoms with E-state index in [4.69, 9.17) is 4.98 Å². The van der Waals surface area contributed by atoms with Crippen molar-refractivity contribution in [2.45, 2.75) is 64.2 Å². The number of carbonyl (C=O) groups excluding carboxylic acids is 2. The number of hydrogen-bond donors (Lipinski definition) is 0. The molecule has 2 aromatic heterocycles. The van der Waals surface area contributed by atoms with E-state index in [-0.39, 0.29) is 17.9 Å². The van der Waals surface area contributed by atoms with Crippen LogP contribution in [0.3, 0.4) is 0 Å². The Labute approximate surface area is 268 Å². The first-order valence-corrected chi connectivity index (χ1v) is 16.9. The van der Waals surface area contributed by atoms with Crippen molar-refractivity contribution in [2.24, 2.45) is 0 Å². The molecule has 45 heavy (non-hydrogen) atoms. The van der Waals surface area contributed by atoms with Crippen LogP contribution in [0.2, 0.25) is 0 Å². The van der Waals surface area contributed by atoms with Gasteiger partial charge in [-0.3, -0.25) is 9.59 Å². The van der Waals surface area contributed by atoms with Crippen LogP contribution >= 0.6 is 11.8 Å². The van der Waals surface area contributed by atoms with Gasteiger partial charge in [0.25, 0.3) is 5.91 Å². The lowest BCUT2D eigenvalue weighted by atomic mass is 10.1. The fourth-order valence-electron chi connectivity index (χ4n) is 6.08. The van der Waals surface area contributed by atoms with Crippen LogP contribution in [0, 0.1) is 6.92 Å². The third kappa shape index (κ3) is 6.88. The zero-order valence-electron chi connectivity index (χ0n) is 26.3. The van der Waals surface area contributed by atoms with Crippen molar-refractivity contribution in [1.29, 1.82) is 0 Å². The SMILES string of the molecule is CCc1ccc(C(=O)N2CCN(C(=O)CCCCSc3nnc4c5cc(C)ccc5n(Cc5ccccc5)c4n3)CC2C)cc1. The van der Waals surface area contributed by atoms with Crippen LogP contribution in [-0.2, 0) is 17.8 Å². The van der Waals surface area contributed by atoms with Gasteiger partial charge in [0.05, 0.1) is 5.52 Å². The second kappa shape index (κ2) is 13.8. The van der Waals surface area contributed by atoms with E-state index in [9.17, 15) is 9.59 Å². The number of nitrogens with zero attached hydrogens (tertiary/aromatic N) is 6. The zero-order chi connectivity index (χ0) is 31.3. The van der Waals surface area contributed by atoms with Crippen LogP contribution in [0.25, 0.3) is 22.1 Å². The van der Waals surface area contributed by atoms with Gasteiger partial charge in [0.2, 0.25) is 11.1 Å². The summed E-state index contributed by atoms with van der Waals surface area (Å²) in [4.78, 5) is 34.9. The lowest BCUT2D eigenvalue weighted by Crippen LogP contribution is -2.55. The highest BCUT2D eigenvalue weighted by atomic mass is 32.2. The Kier molecular flexibility index (Phi) is 9.45. The highest BCUT2D eigenvalue weighted by Crippen LogP contribution is 2.29. The number of hydrogen-bond acceptors (Lipinski definition) is 6. The van der Waals surface area contributed by atoms with Crippen LogP contribution < -0.4 is 0 Å². The minimum absolute atomic E-state index is 0.0161. The van der Waals surface area contributed by atoms with Gasteiger partial charge in [-0.25, -0.2) is 4.98 Å². The second-order valence-electron chi connectivity index (χ2n) is 11.9. The molecule has 0 bridgehead atoms. The molecular weight excluding hydrogens is 581 g/mol. The first kappa shape index (κ1) is 30.8. The molecule has 232 valence electrons. The van der Waals surface area contributed by atoms with Crippen molar-refractivity contribution < 1.29 is 9.59 Å². The summed E-state index contributed by atoms with van der Waals surface area (Å²) >= 11 is 1.59. The summed E-state index contributed by atoms with van der Waals surface area (Å²) in [6.45, 7) is 8.64. The predicted molar refractivity (Wildman–Crippen MR) is 181 cm³/mol. The van der Waals surface area contributed by atoms with Gasteiger partial charge in [-0.2, -0.15) is 0 Å². The van der Waals surface area contributed by atoms with Gasteiger partial charge in [-0.1, -0.05) is 72.8 Å². The number of thioether (sulfide) groups is 1. The molecule has 1 aliphatic heterocycles. The van der Waals surface area contributed by atoms with Gasteiger partial charge in [0.15, 0.2) is 5.65 Å². The number of carbonyl (C=O) groups is 2. The highest BCUT2D eigenvalue weighted by molar-refractivity contribution is 7.99. The summed E-state index contributed by atoms with van der Waals surface area (Å²) in [5.41, 5.74) is 7.09. The van der Waals surface area contributed by atoms with Crippen molar-refractivity contribution in [2.75, 3.05) is 25.4 Å². The van der Waals surface area contributed by atoms with Crippen molar-refractivity contribution in [3.63, 3.8) is 0 Å². The van der Waals surface area contributed by atoms with Gasteiger partial charge in [0, 0.05) is 55.3 Å². The van der Waals surface area contributed by atoms with E-state index >= 15 is 0 Å². The summed E-state index contributed by atoms with van der Waals surface area (Å²) < 4.78 is 2.23. The van der Waals surface area contributed by atoms with Gasteiger partial charge >= 0.3 is 0 Å². The number of aryl methyl sites for hydroxylation is 2. The van der Waals surface area contributed by atoms with E-state index in [0.29, 0.717) is 43.3 Å². The standard InChI is InChI=1S/C36H40N6O2S/c1-4-27-14-16-29(17-15-27)35(44)41-20-19-40(23-26(41)3)32(43)12-8-9-21-45-36-37-34-33(38-39-36)30-22-25(2)13-18-31(30)42(34)24-28-10-6-5-7-11-28/h5-7,10-11,13-18,22,26H,4,8-9,12,19-21,23-24H2,1-3H3. The molecule has 1 atom stereocenters. The number of amides is 2. The Morgan fingerprint density at radius 2 is 1.73 bits per heavy atom. The molecule has 1 aliphatic rings. The number of piperazine rings is 1. The van der Waals surface area contributed by atoms with Gasteiger partial charge < -0.3 is 14.4 Å². The smallest absolute Gasteiger partial charge is 0.254 e. The van der Waals surface area contributed by atoms with Crippen molar-refractivity contribution in [1.82, 2.24) is 29.5 Å². The van der Waals surface area contributed by atoms with Crippen LogP contribution in [0.1, 0.15) is 60.2 Å². The van der Waals surface area contributed by atoms with E-state index in [0.717, 1.165) is 47.1 Å². The Bertz CT molecular complexity index is 1800. The summed E-state index contributed by atoms with van der Waals surface area (Å²) in [6.07, 6.45) is 3.13. The third-order valence-corrected chi connectivity index (χ3v) is 9.58. The van der Waals surface area contributed by atoms with Crippen LogP contribution in [0.5, 0.6) is 0 Å². The lowest BCUT2D eigenvalue weighted by Gasteiger charge is -2.40. The fourth-order valence-corrected chi connectivity index (χ4v) is 6.86. The molecule has 0 aliphatic carbocycles. The molecule has 5 aromatic rings. The Balaban J connectivity index is 1.02. The molecule has 0 spiro atoms. The second-order valence-corrected chi connectivity index (χ2v) is 13.0. The topological polar surface area (TPSA) is 84.2 Å². The van der Waals surface area contributed by atoms with Crippen molar-refractivity contribution >= 4 is 45.6 Å². The molecule has 0 N–H and O–H groups in total. The Hall–Kier alpha value is -4.24. The maximum absolute atomic E-state index is 13.1. The highest BCUT2D eigenvalue weighted by Gasteiger charge is 2.30. The molecule has 3 aromatic carbocycles. The van der Waals surface area contributed by atoms with E-state index in [2.05, 4.69) is 71.1 Å². The summed E-state index contributed by atoms with van der Waals surface area (Å²) in [7, 11) is 0. The molecule has 0 saturated carbocycles. The fraction of sp³-hybridized carbons (Fsp3) is 0.361. The molecule has 1 unspecified atom stereocenters. The van der Waals surface area contributed by atoms with Gasteiger partial charge in [0.1, 0.15) is 5.52 Å². The van der Waals surface area contributed by atoms with E-state index in [1.165, 1.54) is 16.7 Å². The average molecular weight is 621 g/mol. The lowest BCUT2D eigenvalue weighted by molar-refractivity contribution is -0.133. The van der Waals surface area contributed by atoms with E-state index < -0.39 is 0 Å². The summed E-state index contributed by atoms with van der Waals surface area (Å²) in [5.74, 6) is 1.01. The Morgan fingerprint density at radius 3 is 2.49 bits per heavy atom. The number of unbranched alkanes of at least 4 members (excludes halogenated alkanes) is 1. The molecule has 8 nitrogen and oxygen atoms in total. The van der Waals surface area contributed by atoms with Gasteiger partial charge in [-0.15, -0.1) is 10.2 Å². The average Bonchev–Trinajstić information content (AvgIpc) is 3.36. The summed E-state index contributed by atoms with van der Waals surface area (Å²) in [5, 5.41) is 10.8. The summed E-state index contributed by atoms with van der Waals surface area (Å²) in [6, 6.07) is 24.7. The van der Waals surface area contributed by atoms with E-state index in [1.54, 1.807) is 11.8 Å².